The Labute approximate surface area is 96.6 Å². The van der Waals surface area contributed by atoms with Gasteiger partial charge in [0.05, 0.1) is 0 Å². The third-order valence-corrected chi connectivity index (χ3v) is 4.16. The molecule has 3 rings (SSSR count). The SMILES string of the molecule is CN1C2CCC1CC(Nc1ccn(C)n1)C2. The summed E-state index contributed by atoms with van der Waals surface area (Å²) in [5.74, 6) is 1.02. The Morgan fingerprint density at radius 2 is 1.94 bits per heavy atom. The van der Waals surface area contributed by atoms with Crippen molar-refractivity contribution in [1.82, 2.24) is 14.7 Å². The van der Waals surface area contributed by atoms with E-state index in [-0.39, 0.29) is 0 Å². The van der Waals surface area contributed by atoms with Crippen LogP contribution in [0.2, 0.25) is 0 Å². The zero-order valence-electron chi connectivity index (χ0n) is 10.1. The third kappa shape index (κ3) is 1.71. The molecule has 4 heteroatoms. The minimum Gasteiger partial charge on any atom is -0.366 e. The van der Waals surface area contributed by atoms with Gasteiger partial charge in [0, 0.05) is 37.4 Å². The van der Waals surface area contributed by atoms with Crippen LogP contribution in [-0.2, 0) is 7.05 Å². The molecule has 2 aliphatic heterocycles. The highest BCUT2D eigenvalue weighted by molar-refractivity contribution is 5.34. The maximum Gasteiger partial charge on any atom is 0.148 e. The van der Waals surface area contributed by atoms with E-state index < -0.39 is 0 Å². The van der Waals surface area contributed by atoms with Gasteiger partial charge < -0.3 is 10.2 Å². The first-order valence-electron chi connectivity index (χ1n) is 6.20. The molecule has 1 aromatic rings. The minimum absolute atomic E-state index is 0.614. The maximum absolute atomic E-state index is 4.39. The molecule has 0 radical (unpaired) electrons. The first kappa shape index (κ1) is 10.1. The number of hydrogen-bond donors (Lipinski definition) is 1. The Morgan fingerprint density at radius 3 is 2.50 bits per heavy atom. The van der Waals surface area contributed by atoms with Crippen LogP contribution in [0.5, 0.6) is 0 Å². The second-order valence-corrected chi connectivity index (χ2v) is 5.24. The van der Waals surface area contributed by atoms with E-state index >= 15 is 0 Å². The Kier molecular flexibility index (Phi) is 2.39. The summed E-state index contributed by atoms with van der Waals surface area (Å²) < 4.78 is 1.85. The quantitative estimate of drug-likeness (QED) is 0.819. The van der Waals surface area contributed by atoms with Crippen molar-refractivity contribution in [3.63, 3.8) is 0 Å². The molecule has 2 unspecified atom stereocenters. The normalized spacial score (nSPS) is 34.2. The van der Waals surface area contributed by atoms with E-state index in [9.17, 15) is 0 Å². The highest BCUT2D eigenvalue weighted by atomic mass is 15.3. The van der Waals surface area contributed by atoms with Crippen LogP contribution in [0.4, 0.5) is 5.82 Å². The van der Waals surface area contributed by atoms with Crippen molar-refractivity contribution in [2.45, 2.75) is 43.8 Å². The lowest BCUT2D eigenvalue weighted by Gasteiger charge is -2.36. The summed E-state index contributed by atoms with van der Waals surface area (Å²) in [6.07, 6.45) is 7.28. The Hall–Kier alpha value is -1.03. The average Bonchev–Trinajstić information content (AvgIpc) is 2.72. The summed E-state index contributed by atoms with van der Waals surface area (Å²) in [5.41, 5.74) is 0. The van der Waals surface area contributed by atoms with Crippen molar-refractivity contribution < 1.29 is 0 Å². The second kappa shape index (κ2) is 3.77. The molecule has 2 bridgehead atoms. The van der Waals surface area contributed by atoms with Crippen molar-refractivity contribution in [3.05, 3.63) is 12.3 Å². The van der Waals surface area contributed by atoms with Gasteiger partial charge in [-0.1, -0.05) is 0 Å². The van der Waals surface area contributed by atoms with Crippen LogP contribution in [0.25, 0.3) is 0 Å². The second-order valence-electron chi connectivity index (χ2n) is 5.24. The number of aryl methyl sites for hydroxylation is 1. The molecule has 16 heavy (non-hydrogen) atoms. The third-order valence-electron chi connectivity index (χ3n) is 4.16. The maximum atomic E-state index is 4.39. The van der Waals surface area contributed by atoms with Crippen LogP contribution in [-0.4, -0.2) is 39.9 Å². The molecule has 2 fully saturated rings. The number of aromatic nitrogens is 2. The van der Waals surface area contributed by atoms with Crippen LogP contribution < -0.4 is 5.32 Å². The molecule has 1 aromatic heterocycles. The molecule has 2 saturated heterocycles. The monoisotopic (exact) mass is 220 g/mol. The molecule has 0 saturated carbocycles. The zero-order chi connectivity index (χ0) is 11.1. The van der Waals surface area contributed by atoms with Gasteiger partial charge in [-0.3, -0.25) is 4.68 Å². The average molecular weight is 220 g/mol. The van der Waals surface area contributed by atoms with Gasteiger partial charge in [-0.25, -0.2) is 0 Å². The highest BCUT2D eigenvalue weighted by Gasteiger charge is 2.38. The number of nitrogens with one attached hydrogen (secondary N) is 1. The zero-order valence-corrected chi connectivity index (χ0v) is 10.1. The van der Waals surface area contributed by atoms with Crippen LogP contribution in [0.15, 0.2) is 12.3 Å². The van der Waals surface area contributed by atoms with Crippen molar-refractivity contribution in [2.75, 3.05) is 12.4 Å². The molecule has 2 aliphatic rings. The van der Waals surface area contributed by atoms with Gasteiger partial charge in [0.25, 0.3) is 0 Å². The number of anilines is 1. The summed E-state index contributed by atoms with van der Waals surface area (Å²) in [7, 11) is 4.24. The van der Waals surface area contributed by atoms with Crippen LogP contribution in [0, 0.1) is 0 Å². The molecule has 1 N–H and O–H groups in total. The molecule has 0 aromatic carbocycles. The van der Waals surface area contributed by atoms with Crippen LogP contribution >= 0.6 is 0 Å². The summed E-state index contributed by atoms with van der Waals surface area (Å²) in [5, 5.41) is 7.95. The van der Waals surface area contributed by atoms with Crippen molar-refractivity contribution in [1.29, 1.82) is 0 Å². The van der Waals surface area contributed by atoms with Crippen molar-refractivity contribution in [2.24, 2.45) is 7.05 Å². The van der Waals surface area contributed by atoms with E-state index in [0.717, 1.165) is 17.9 Å². The topological polar surface area (TPSA) is 33.1 Å². The molecule has 0 spiro atoms. The molecule has 0 amide bonds. The first-order chi connectivity index (χ1) is 7.72. The van der Waals surface area contributed by atoms with Crippen molar-refractivity contribution >= 4 is 5.82 Å². The first-order valence-corrected chi connectivity index (χ1v) is 6.20. The number of fused-ring (bicyclic) bond motifs is 2. The summed E-state index contributed by atoms with van der Waals surface area (Å²) in [6, 6.07) is 4.25. The van der Waals surface area contributed by atoms with E-state index in [1.165, 1.54) is 25.7 Å². The van der Waals surface area contributed by atoms with E-state index in [1.54, 1.807) is 0 Å². The fourth-order valence-electron chi connectivity index (χ4n) is 3.23. The molecule has 3 heterocycles. The van der Waals surface area contributed by atoms with E-state index in [0.29, 0.717) is 6.04 Å². The smallest absolute Gasteiger partial charge is 0.148 e. The lowest BCUT2D eigenvalue weighted by atomic mass is 9.98. The number of rotatable bonds is 2. The standard InChI is InChI=1S/C12H20N4/c1-15-6-5-12(14-15)13-9-7-10-3-4-11(8-9)16(10)2/h5-6,9-11H,3-4,7-8H2,1-2H3,(H,13,14). The Morgan fingerprint density at radius 1 is 1.25 bits per heavy atom. The lowest BCUT2D eigenvalue weighted by Crippen LogP contribution is -2.44. The predicted molar refractivity (Wildman–Crippen MR) is 64.4 cm³/mol. The summed E-state index contributed by atoms with van der Waals surface area (Å²) >= 11 is 0. The molecular formula is C12H20N4. The van der Waals surface area contributed by atoms with Crippen LogP contribution in [0.3, 0.4) is 0 Å². The van der Waals surface area contributed by atoms with Gasteiger partial charge in [0.15, 0.2) is 0 Å². The minimum atomic E-state index is 0.614. The highest BCUT2D eigenvalue weighted by Crippen LogP contribution is 2.35. The summed E-state index contributed by atoms with van der Waals surface area (Å²) in [6.45, 7) is 0. The lowest BCUT2D eigenvalue weighted by molar-refractivity contribution is 0.168. The fraction of sp³-hybridized carbons (Fsp3) is 0.750. The Balaban J connectivity index is 1.65. The van der Waals surface area contributed by atoms with Gasteiger partial charge in [0.2, 0.25) is 0 Å². The summed E-state index contributed by atoms with van der Waals surface area (Å²) in [4.78, 5) is 2.57. The Bertz CT molecular complexity index is 359. The van der Waals surface area contributed by atoms with Crippen molar-refractivity contribution in [3.8, 4) is 0 Å². The van der Waals surface area contributed by atoms with Gasteiger partial charge in [-0.2, -0.15) is 5.10 Å². The number of piperidine rings is 1. The number of hydrogen-bond acceptors (Lipinski definition) is 3. The van der Waals surface area contributed by atoms with E-state index in [1.807, 2.05) is 17.9 Å². The largest absolute Gasteiger partial charge is 0.366 e. The molecular weight excluding hydrogens is 200 g/mol. The fourth-order valence-corrected chi connectivity index (χ4v) is 3.23. The molecule has 88 valence electrons. The predicted octanol–water partition coefficient (Wildman–Crippen LogP) is 1.46. The number of nitrogens with zero attached hydrogens (tertiary/aromatic N) is 3. The molecule has 2 atom stereocenters. The van der Waals surface area contributed by atoms with Gasteiger partial charge in [-0.05, 0) is 32.7 Å². The van der Waals surface area contributed by atoms with E-state index in [2.05, 4.69) is 28.4 Å². The van der Waals surface area contributed by atoms with Gasteiger partial charge in [-0.15, -0.1) is 0 Å². The molecule has 4 nitrogen and oxygen atoms in total. The van der Waals surface area contributed by atoms with Gasteiger partial charge >= 0.3 is 0 Å². The van der Waals surface area contributed by atoms with E-state index in [4.69, 9.17) is 0 Å². The van der Waals surface area contributed by atoms with Gasteiger partial charge in [0.1, 0.15) is 5.82 Å². The molecule has 0 aliphatic carbocycles. The van der Waals surface area contributed by atoms with Crippen LogP contribution in [0.1, 0.15) is 25.7 Å².